The van der Waals surface area contributed by atoms with Crippen LogP contribution in [0.2, 0.25) is 0 Å². The van der Waals surface area contributed by atoms with Gasteiger partial charge in [-0.25, -0.2) is 4.99 Å². The van der Waals surface area contributed by atoms with Gasteiger partial charge in [0.05, 0.1) is 16.2 Å². The first-order valence-electron chi connectivity index (χ1n) is 10.8. The second kappa shape index (κ2) is 6.44. The number of rotatable bonds is 4. The fourth-order valence-electron chi connectivity index (χ4n) is 6.90. The number of fused-ring (bicyclic) bond motifs is 2. The van der Waals surface area contributed by atoms with Crippen molar-refractivity contribution in [3.63, 3.8) is 0 Å². The quantitative estimate of drug-likeness (QED) is 0.455. The van der Waals surface area contributed by atoms with Crippen LogP contribution >= 0.6 is 0 Å². The van der Waals surface area contributed by atoms with Crippen LogP contribution in [0.25, 0.3) is 0 Å². The summed E-state index contributed by atoms with van der Waals surface area (Å²) in [5.41, 5.74) is -1.46. The van der Waals surface area contributed by atoms with E-state index < -0.39 is 22.4 Å². The van der Waals surface area contributed by atoms with Crippen LogP contribution in [0, 0.1) is 39.2 Å². The maximum atomic E-state index is 13.7. The Kier molecular flexibility index (Phi) is 4.25. The summed E-state index contributed by atoms with van der Waals surface area (Å²) in [6.45, 7) is 5.04. The summed E-state index contributed by atoms with van der Waals surface area (Å²) in [6.07, 6.45) is 0.944. The number of alkyl halides is 3. The number of nitro groups is 1. The number of non-ortho nitro benzene ring substituents is 1. The van der Waals surface area contributed by atoms with E-state index in [-0.39, 0.29) is 11.6 Å². The van der Waals surface area contributed by atoms with Crippen molar-refractivity contribution in [1.82, 2.24) is 4.90 Å². The van der Waals surface area contributed by atoms with Crippen LogP contribution in [0.4, 0.5) is 24.5 Å². The molecule has 30 heavy (non-hydrogen) atoms. The number of benzene rings is 1. The highest BCUT2D eigenvalue weighted by Crippen LogP contribution is 2.70. The van der Waals surface area contributed by atoms with E-state index in [1.165, 1.54) is 12.8 Å². The molecule has 5 nitrogen and oxygen atoms in total. The summed E-state index contributed by atoms with van der Waals surface area (Å²) in [4.78, 5) is 17.1. The molecule has 1 aromatic carbocycles. The Bertz CT molecular complexity index is 929. The van der Waals surface area contributed by atoms with Crippen LogP contribution in [0.1, 0.15) is 51.5 Å². The monoisotopic (exact) mass is 421 g/mol. The van der Waals surface area contributed by atoms with E-state index >= 15 is 0 Å². The molecule has 5 unspecified atom stereocenters. The SMILES string of the molecule is CC(C)CN1C(=Nc2ccc([N+](=O)[O-])cc2C(F)(F)F)C2CC3CC4CC1C4(C3)C2. The smallest absolute Gasteiger partial charge is 0.356 e. The number of hydrogen-bond acceptors (Lipinski definition) is 3. The molecule has 4 aliphatic rings. The summed E-state index contributed by atoms with van der Waals surface area (Å²) >= 11 is 0. The first-order valence-corrected chi connectivity index (χ1v) is 10.8. The lowest BCUT2D eigenvalue weighted by atomic mass is 9.51. The van der Waals surface area contributed by atoms with Crippen LogP contribution in [-0.4, -0.2) is 28.2 Å². The van der Waals surface area contributed by atoms with Gasteiger partial charge in [0.25, 0.3) is 5.69 Å². The van der Waals surface area contributed by atoms with Crippen LogP contribution in [0.5, 0.6) is 0 Å². The summed E-state index contributed by atoms with van der Waals surface area (Å²) < 4.78 is 41.2. The average Bonchev–Trinajstić information content (AvgIpc) is 2.86. The molecular weight excluding hydrogens is 395 g/mol. The van der Waals surface area contributed by atoms with Crippen LogP contribution in [0.15, 0.2) is 23.2 Å². The van der Waals surface area contributed by atoms with Gasteiger partial charge >= 0.3 is 6.18 Å². The third-order valence-electron chi connectivity index (χ3n) is 7.84. The molecule has 3 bridgehead atoms. The number of halogens is 3. The molecule has 5 atom stereocenters. The number of aliphatic imine (C=N–C) groups is 1. The minimum atomic E-state index is -4.70. The normalized spacial score (nSPS) is 35.7. The molecule has 0 aromatic heterocycles. The molecule has 3 aliphatic carbocycles. The van der Waals surface area contributed by atoms with Gasteiger partial charge in [-0.3, -0.25) is 10.1 Å². The molecule has 0 amide bonds. The van der Waals surface area contributed by atoms with Crippen molar-refractivity contribution in [2.24, 2.45) is 34.1 Å². The number of amidine groups is 1. The third-order valence-corrected chi connectivity index (χ3v) is 7.84. The molecular formula is C22H26F3N3O2. The predicted molar refractivity (Wildman–Crippen MR) is 107 cm³/mol. The van der Waals surface area contributed by atoms with Crippen LogP contribution < -0.4 is 0 Å². The van der Waals surface area contributed by atoms with Gasteiger partial charge in [0, 0.05) is 30.6 Å². The Hall–Kier alpha value is -2.12. The van der Waals surface area contributed by atoms with Gasteiger partial charge in [0.2, 0.25) is 0 Å². The maximum absolute atomic E-state index is 13.7. The summed E-state index contributed by atoms with van der Waals surface area (Å²) in [5.74, 6) is 2.75. The van der Waals surface area contributed by atoms with Gasteiger partial charge in [-0.2, -0.15) is 13.2 Å². The minimum Gasteiger partial charge on any atom is -0.356 e. The van der Waals surface area contributed by atoms with Crippen LogP contribution in [-0.2, 0) is 6.18 Å². The van der Waals surface area contributed by atoms with Gasteiger partial charge in [-0.05, 0) is 61.3 Å². The number of likely N-dealkylation sites (tertiary alicyclic amines) is 1. The number of hydrogen-bond donors (Lipinski definition) is 0. The van der Waals surface area contributed by atoms with Crippen molar-refractivity contribution >= 4 is 17.2 Å². The van der Waals surface area contributed by atoms with E-state index in [4.69, 9.17) is 0 Å². The lowest BCUT2D eigenvalue weighted by Crippen LogP contribution is -2.67. The number of piperidine rings is 1. The topological polar surface area (TPSA) is 58.7 Å². The molecule has 0 radical (unpaired) electrons. The van der Waals surface area contributed by atoms with E-state index in [9.17, 15) is 23.3 Å². The van der Waals surface area contributed by atoms with Crippen molar-refractivity contribution in [3.8, 4) is 0 Å². The first kappa shape index (κ1) is 19.8. The zero-order valence-corrected chi connectivity index (χ0v) is 17.2. The Morgan fingerprint density at radius 2 is 2.03 bits per heavy atom. The third kappa shape index (κ3) is 2.86. The summed E-state index contributed by atoms with van der Waals surface area (Å²) in [7, 11) is 0. The summed E-state index contributed by atoms with van der Waals surface area (Å²) in [5, 5.41) is 11.0. The Balaban J connectivity index is 1.60. The fourth-order valence-corrected chi connectivity index (χ4v) is 6.90. The van der Waals surface area contributed by atoms with Crippen LogP contribution in [0.3, 0.4) is 0 Å². The highest BCUT2D eigenvalue weighted by atomic mass is 19.4. The zero-order valence-electron chi connectivity index (χ0n) is 17.2. The molecule has 4 fully saturated rings. The molecule has 8 heteroatoms. The van der Waals surface area contributed by atoms with Gasteiger partial charge in [0.15, 0.2) is 0 Å². The molecule has 1 aromatic rings. The Labute approximate surface area is 173 Å². The maximum Gasteiger partial charge on any atom is 0.418 e. The van der Waals surface area contributed by atoms with Crippen molar-refractivity contribution < 1.29 is 18.1 Å². The van der Waals surface area contributed by atoms with E-state index in [2.05, 4.69) is 23.7 Å². The van der Waals surface area contributed by atoms with E-state index in [0.29, 0.717) is 29.4 Å². The van der Waals surface area contributed by atoms with Crippen molar-refractivity contribution in [1.29, 1.82) is 0 Å². The van der Waals surface area contributed by atoms with Crippen molar-refractivity contribution in [2.75, 3.05) is 6.54 Å². The second-order valence-corrected chi connectivity index (χ2v) is 10.1. The number of nitrogens with zero attached hydrogens (tertiary/aromatic N) is 3. The predicted octanol–water partition coefficient (Wildman–Crippen LogP) is 5.81. The molecule has 1 saturated heterocycles. The zero-order chi connectivity index (χ0) is 21.4. The highest BCUT2D eigenvalue weighted by molar-refractivity contribution is 5.89. The molecule has 1 spiro atoms. The van der Waals surface area contributed by atoms with E-state index in [1.807, 2.05) is 0 Å². The largest absolute Gasteiger partial charge is 0.418 e. The van der Waals surface area contributed by atoms with Crippen molar-refractivity contribution in [3.05, 3.63) is 33.9 Å². The van der Waals surface area contributed by atoms with Gasteiger partial charge < -0.3 is 4.90 Å². The van der Waals surface area contributed by atoms with Crippen molar-refractivity contribution in [2.45, 2.75) is 58.2 Å². The van der Waals surface area contributed by atoms with Gasteiger partial charge in [0.1, 0.15) is 5.84 Å². The molecule has 0 N–H and O–H groups in total. The Morgan fingerprint density at radius 1 is 1.27 bits per heavy atom. The Morgan fingerprint density at radius 3 is 2.70 bits per heavy atom. The van der Waals surface area contributed by atoms with Gasteiger partial charge in [-0.1, -0.05) is 13.8 Å². The van der Waals surface area contributed by atoms with Gasteiger partial charge in [-0.15, -0.1) is 0 Å². The molecule has 1 aliphatic heterocycles. The highest BCUT2D eigenvalue weighted by Gasteiger charge is 2.67. The van der Waals surface area contributed by atoms with E-state index in [0.717, 1.165) is 49.7 Å². The molecule has 1 heterocycles. The average molecular weight is 421 g/mol. The number of nitro benzene ring substituents is 1. The summed E-state index contributed by atoms with van der Waals surface area (Å²) in [6, 6.07) is 3.26. The fraction of sp³-hybridized carbons (Fsp3) is 0.682. The molecule has 5 rings (SSSR count). The lowest BCUT2D eigenvalue weighted by molar-refractivity contribution is -0.385. The molecule has 162 valence electrons. The second-order valence-electron chi connectivity index (χ2n) is 10.1. The van der Waals surface area contributed by atoms with E-state index in [1.54, 1.807) is 0 Å². The molecule has 3 saturated carbocycles. The standard InChI is InChI=1S/C22H26F3N3O2/c1-12(2)11-27-19-7-15-6-13-5-14(10-21(15,19)9-13)20(27)26-18-4-3-16(28(29)30)8-17(18)22(23,24)25/h3-4,8,12-15,19H,5-7,9-11H2,1-2H3. The minimum absolute atomic E-state index is 0.181. The first-order chi connectivity index (χ1) is 14.1. The lowest BCUT2D eigenvalue weighted by Gasteiger charge is -2.64.